The number of aromatic amines is 2. The van der Waals surface area contributed by atoms with Crippen LogP contribution in [0.2, 0.25) is 0 Å². The average Bonchev–Trinajstić information content (AvgIpc) is 3.53. The van der Waals surface area contributed by atoms with E-state index >= 15 is 0 Å². The van der Waals surface area contributed by atoms with E-state index in [9.17, 15) is 9.90 Å². The summed E-state index contributed by atoms with van der Waals surface area (Å²) in [6.07, 6.45) is 2.32. The van der Waals surface area contributed by atoms with E-state index in [1.165, 1.54) is 16.7 Å². The summed E-state index contributed by atoms with van der Waals surface area (Å²) in [5, 5.41) is 9.27. The number of aromatic nitrogens is 4. The first-order chi connectivity index (χ1) is 17.3. The highest BCUT2D eigenvalue weighted by atomic mass is 16.4. The molecular weight excluding hydrogens is 448 g/mol. The van der Waals surface area contributed by atoms with Crippen molar-refractivity contribution in [1.29, 1.82) is 0 Å². The largest absolute Gasteiger partial charge is 0.481 e. The van der Waals surface area contributed by atoms with Gasteiger partial charge in [0.2, 0.25) is 0 Å². The summed E-state index contributed by atoms with van der Waals surface area (Å²) in [4.78, 5) is 28.4. The molecule has 0 aliphatic carbocycles. The first kappa shape index (κ1) is 23.8. The molecule has 8 bridgehead atoms. The van der Waals surface area contributed by atoms with Gasteiger partial charge >= 0.3 is 5.97 Å². The maximum atomic E-state index is 11.3. The minimum Gasteiger partial charge on any atom is -0.481 e. The number of rotatable bonds is 5. The number of carboxylic acids is 1. The van der Waals surface area contributed by atoms with Crippen molar-refractivity contribution in [1.82, 2.24) is 19.9 Å². The fraction of sp³-hybridized carbons (Fsp3) is 0.300. The Morgan fingerprint density at radius 2 is 1.33 bits per heavy atom. The molecule has 2 aliphatic heterocycles. The summed E-state index contributed by atoms with van der Waals surface area (Å²) < 4.78 is 0. The number of nitrogens with one attached hydrogen (secondary N) is 2. The van der Waals surface area contributed by atoms with Crippen molar-refractivity contribution in [2.24, 2.45) is 0 Å². The minimum atomic E-state index is -0.802. The molecule has 3 N–H and O–H groups in total. The highest BCUT2D eigenvalue weighted by molar-refractivity contribution is 5.95. The molecule has 5 rings (SSSR count). The molecule has 0 fully saturated rings. The molecule has 5 heterocycles. The van der Waals surface area contributed by atoms with Gasteiger partial charge in [0.15, 0.2) is 0 Å². The predicted molar refractivity (Wildman–Crippen MR) is 147 cm³/mol. The third-order valence-electron chi connectivity index (χ3n) is 7.27. The van der Waals surface area contributed by atoms with Crippen LogP contribution >= 0.6 is 0 Å². The van der Waals surface area contributed by atoms with Crippen LogP contribution in [0, 0.1) is 6.92 Å². The number of carboxylic acid groups (broad SMARTS) is 1. The Bertz CT molecular complexity index is 1610. The van der Waals surface area contributed by atoms with Crippen molar-refractivity contribution in [2.75, 3.05) is 0 Å². The maximum Gasteiger partial charge on any atom is 0.303 e. The number of aliphatic carboxylic acids is 1. The standard InChI is InChI=1S/C30H32N4O2/c1-6-22-17(4)25-12-21-11-19(8-9-30(35)36)27(32-21)13-20-10-16(3)24(31-20)14-28-23(7-2)18(5)26(34-28)15-29(22)33-25/h10-15,31-32H,6-9H2,1-5H3,(H,35,36). The summed E-state index contributed by atoms with van der Waals surface area (Å²) in [6.45, 7) is 10.7. The number of hydrogen-bond donors (Lipinski definition) is 3. The quantitative estimate of drug-likeness (QED) is 0.356. The van der Waals surface area contributed by atoms with Gasteiger partial charge in [-0.2, -0.15) is 0 Å². The summed E-state index contributed by atoms with van der Waals surface area (Å²) in [5.41, 5.74) is 14.6. The van der Waals surface area contributed by atoms with E-state index in [1.807, 2.05) is 6.07 Å². The van der Waals surface area contributed by atoms with Crippen molar-refractivity contribution >= 4 is 50.3 Å². The molecule has 0 amide bonds. The lowest BCUT2D eigenvalue weighted by molar-refractivity contribution is -0.136. The fourth-order valence-corrected chi connectivity index (χ4v) is 5.26. The summed E-state index contributed by atoms with van der Waals surface area (Å²) in [6, 6.07) is 12.5. The Kier molecular flexibility index (Phi) is 6.12. The number of carbonyl (C=O) groups is 1. The highest BCUT2D eigenvalue weighted by Crippen LogP contribution is 2.36. The van der Waals surface area contributed by atoms with Crippen molar-refractivity contribution in [3.63, 3.8) is 0 Å². The van der Waals surface area contributed by atoms with Gasteiger partial charge in [-0.15, -0.1) is 0 Å². The second-order valence-electron chi connectivity index (χ2n) is 9.63. The van der Waals surface area contributed by atoms with Crippen LogP contribution in [-0.2, 0) is 11.2 Å². The van der Waals surface area contributed by atoms with Gasteiger partial charge in [-0.05, 0) is 110 Å². The molecule has 184 valence electrons. The summed E-state index contributed by atoms with van der Waals surface area (Å²) in [5.74, 6) is -0.802. The van der Waals surface area contributed by atoms with Crippen molar-refractivity contribution in [2.45, 2.75) is 60.3 Å². The van der Waals surface area contributed by atoms with Gasteiger partial charge in [-0.1, -0.05) is 13.8 Å². The third kappa shape index (κ3) is 4.28. The van der Waals surface area contributed by atoms with Crippen molar-refractivity contribution < 1.29 is 9.90 Å². The zero-order valence-electron chi connectivity index (χ0n) is 21.5. The minimum absolute atomic E-state index is 0.0809. The second kappa shape index (κ2) is 9.26. The normalized spacial score (nSPS) is 13.6. The Morgan fingerprint density at radius 3 is 1.97 bits per heavy atom. The van der Waals surface area contributed by atoms with Gasteiger partial charge in [0.25, 0.3) is 0 Å². The lowest BCUT2D eigenvalue weighted by Crippen LogP contribution is -1.96. The molecule has 0 aromatic carbocycles. The topological polar surface area (TPSA) is 94.7 Å². The van der Waals surface area contributed by atoms with Crippen LogP contribution < -0.4 is 0 Å². The molecule has 36 heavy (non-hydrogen) atoms. The molecular formula is C30H32N4O2. The van der Waals surface area contributed by atoms with Crippen LogP contribution in [0.4, 0.5) is 0 Å². The van der Waals surface area contributed by atoms with E-state index in [1.54, 1.807) is 0 Å². The molecule has 0 radical (unpaired) electrons. The molecule has 0 saturated heterocycles. The van der Waals surface area contributed by atoms with E-state index in [0.717, 1.165) is 74.4 Å². The van der Waals surface area contributed by atoms with E-state index in [-0.39, 0.29) is 6.42 Å². The third-order valence-corrected chi connectivity index (χ3v) is 7.27. The van der Waals surface area contributed by atoms with Gasteiger partial charge in [-0.25, -0.2) is 9.97 Å². The number of fused-ring (bicyclic) bond motifs is 8. The van der Waals surface area contributed by atoms with Gasteiger partial charge in [-0.3, -0.25) is 4.79 Å². The first-order valence-electron chi connectivity index (χ1n) is 12.6. The lowest BCUT2D eigenvalue weighted by Gasteiger charge is -2.01. The fourth-order valence-electron chi connectivity index (χ4n) is 5.26. The summed E-state index contributed by atoms with van der Waals surface area (Å²) in [7, 11) is 0. The number of hydrogen-bond acceptors (Lipinski definition) is 3. The van der Waals surface area contributed by atoms with Gasteiger partial charge in [0.1, 0.15) is 0 Å². The van der Waals surface area contributed by atoms with Crippen LogP contribution in [0.25, 0.3) is 44.4 Å². The van der Waals surface area contributed by atoms with E-state index in [2.05, 4.69) is 74.9 Å². The zero-order valence-corrected chi connectivity index (χ0v) is 21.5. The number of allylic oxidation sites excluding steroid dienone is 4. The van der Waals surface area contributed by atoms with E-state index < -0.39 is 5.97 Å². The molecule has 6 nitrogen and oxygen atoms in total. The first-order valence-corrected chi connectivity index (χ1v) is 12.6. The van der Waals surface area contributed by atoms with Gasteiger partial charge in [0.05, 0.1) is 22.8 Å². The highest BCUT2D eigenvalue weighted by Gasteiger charge is 2.19. The van der Waals surface area contributed by atoms with E-state index in [0.29, 0.717) is 6.42 Å². The molecule has 2 aliphatic rings. The molecule has 0 atom stereocenters. The Balaban J connectivity index is 1.88. The predicted octanol–water partition coefficient (Wildman–Crippen LogP) is 7.32. The molecule has 0 spiro atoms. The summed E-state index contributed by atoms with van der Waals surface area (Å²) >= 11 is 0. The van der Waals surface area contributed by atoms with Crippen LogP contribution in [0.5, 0.6) is 0 Å². The van der Waals surface area contributed by atoms with Crippen LogP contribution in [0.15, 0.2) is 36.4 Å². The number of aryl methyl sites for hydroxylation is 2. The molecule has 3 aromatic heterocycles. The van der Waals surface area contributed by atoms with Gasteiger partial charge in [0, 0.05) is 28.5 Å². The SMILES string of the molecule is CCC1=C(C)c2cc3cc(CCC(=O)O)c(cc4cc(C)c(cc5nc(cc1n2)C(C)=C5CC)[nH]4)[nH]3. The smallest absolute Gasteiger partial charge is 0.303 e. The average molecular weight is 481 g/mol. The second-order valence-corrected chi connectivity index (χ2v) is 9.63. The van der Waals surface area contributed by atoms with Crippen molar-refractivity contribution in [3.05, 3.63) is 70.3 Å². The zero-order chi connectivity index (χ0) is 25.6. The lowest BCUT2D eigenvalue weighted by atomic mass is 10.0. The molecule has 0 saturated carbocycles. The Hall–Kier alpha value is -3.93. The van der Waals surface area contributed by atoms with Crippen molar-refractivity contribution in [3.8, 4) is 0 Å². The van der Waals surface area contributed by atoms with Crippen LogP contribution in [0.1, 0.15) is 80.9 Å². The molecule has 3 aromatic rings. The monoisotopic (exact) mass is 480 g/mol. The molecule has 6 heteroatoms. The maximum absolute atomic E-state index is 11.3. The van der Waals surface area contributed by atoms with Crippen LogP contribution in [0.3, 0.4) is 0 Å². The van der Waals surface area contributed by atoms with Crippen LogP contribution in [-0.4, -0.2) is 31.0 Å². The van der Waals surface area contributed by atoms with E-state index in [4.69, 9.17) is 9.97 Å². The Labute approximate surface area is 210 Å². The van der Waals surface area contributed by atoms with Gasteiger partial charge < -0.3 is 15.1 Å². The molecule has 0 unspecified atom stereocenters. The number of nitrogens with zero attached hydrogens (tertiary/aromatic N) is 2. The Morgan fingerprint density at radius 1 is 0.750 bits per heavy atom. The number of H-pyrrole nitrogens is 2.